The largest absolute Gasteiger partial charge is 0.383 e. The second-order valence-electron chi connectivity index (χ2n) is 4.23. The van der Waals surface area contributed by atoms with Gasteiger partial charge in [0, 0.05) is 26.7 Å². The van der Waals surface area contributed by atoms with Crippen molar-refractivity contribution in [3.8, 4) is 0 Å². The highest BCUT2D eigenvalue weighted by molar-refractivity contribution is 9.10. The molecule has 0 bridgehead atoms. The summed E-state index contributed by atoms with van der Waals surface area (Å²) in [5.74, 6) is 0.376. The van der Waals surface area contributed by atoms with Crippen molar-refractivity contribution in [3.63, 3.8) is 0 Å². The molecule has 1 unspecified atom stereocenters. The van der Waals surface area contributed by atoms with Gasteiger partial charge in [-0.05, 0) is 13.0 Å². The second-order valence-corrected chi connectivity index (χ2v) is 5.22. The number of rotatable bonds is 8. The fourth-order valence-electron chi connectivity index (χ4n) is 1.13. The number of amides is 1. The Morgan fingerprint density at radius 3 is 2.56 bits per heavy atom. The van der Waals surface area contributed by atoms with Crippen LogP contribution in [0.25, 0.3) is 0 Å². The minimum Gasteiger partial charge on any atom is -0.383 e. The van der Waals surface area contributed by atoms with Crippen LogP contribution in [0.5, 0.6) is 0 Å². The summed E-state index contributed by atoms with van der Waals surface area (Å²) < 4.78 is 4.97. The molecule has 0 spiro atoms. The van der Waals surface area contributed by atoms with Crippen LogP contribution < -0.4 is 5.32 Å². The van der Waals surface area contributed by atoms with E-state index in [1.165, 1.54) is 0 Å². The second kappa shape index (κ2) is 8.96. The minimum absolute atomic E-state index is 0.0649. The van der Waals surface area contributed by atoms with Gasteiger partial charge in [0.15, 0.2) is 0 Å². The molecule has 0 saturated heterocycles. The maximum Gasteiger partial charge on any atom is 0.234 e. The topological polar surface area (TPSA) is 41.6 Å². The van der Waals surface area contributed by atoms with Gasteiger partial charge in [-0.1, -0.05) is 29.8 Å². The van der Waals surface area contributed by atoms with E-state index in [1.807, 2.05) is 20.9 Å². The lowest BCUT2D eigenvalue weighted by Crippen LogP contribution is -2.39. The van der Waals surface area contributed by atoms with Crippen molar-refractivity contribution in [1.29, 1.82) is 0 Å². The molecular weight excluding hydrogens is 272 g/mol. The van der Waals surface area contributed by atoms with Crippen molar-refractivity contribution in [3.05, 3.63) is 0 Å². The van der Waals surface area contributed by atoms with Crippen molar-refractivity contribution < 1.29 is 9.53 Å². The zero-order chi connectivity index (χ0) is 12.6. The first kappa shape index (κ1) is 15.9. The van der Waals surface area contributed by atoms with Crippen LogP contribution in [-0.4, -0.2) is 56.0 Å². The van der Waals surface area contributed by atoms with Gasteiger partial charge in [-0.3, -0.25) is 4.79 Å². The highest BCUT2D eigenvalue weighted by Crippen LogP contribution is 2.11. The van der Waals surface area contributed by atoms with Crippen LogP contribution in [0.15, 0.2) is 0 Å². The Labute approximate surface area is 107 Å². The Bertz CT molecular complexity index is 200. The van der Waals surface area contributed by atoms with Crippen LogP contribution in [0.4, 0.5) is 0 Å². The molecule has 0 aromatic heterocycles. The molecule has 0 radical (unpaired) electrons. The normalized spacial score (nSPS) is 13.2. The van der Waals surface area contributed by atoms with Gasteiger partial charge in [0.25, 0.3) is 0 Å². The number of halogens is 1. The molecule has 16 heavy (non-hydrogen) atoms. The number of likely N-dealkylation sites (N-methyl/N-ethyl adjacent to an activating group) is 1. The zero-order valence-corrected chi connectivity index (χ0v) is 12.2. The van der Waals surface area contributed by atoms with Crippen LogP contribution >= 0.6 is 15.9 Å². The van der Waals surface area contributed by atoms with Crippen molar-refractivity contribution in [1.82, 2.24) is 10.2 Å². The maximum absolute atomic E-state index is 11.6. The summed E-state index contributed by atoms with van der Waals surface area (Å²) in [5.41, 5.74) is 0. The first-order valence-electron chi connectivity index (χ1n) is 5.58. The SMILES string of the molecule is COCCN(C)CCNC(=O)C(Br)C(C)C. The molecule has 0 fully saturated rings. The predicted molar refractivity (Wildman–Crippen MR) is 69.9 cm³/mol. The summed E-state index contributed by atoms with van der Waals surface area (Å²) in [6.45, 7) is 7.15. The number of carbonyl (C=O) groups excluding carboxylic acids is 1. The molecular formula is C11H23BrN2O2. The van der Waals surface area contributed by atoms with Crippen LogP contribution in [0, 0.1) is 5.92 Å². The van der Waals surface area contributed by atoms with Gasteiger partial charge in [0.2, 0.25) is 5.91 Å². The third kappa shape index (κ3) is 7.19. The van der Waals surface area contributed by atoms with E-state index in [9.17, 15) is 4.79 Å². The lowest BCUT2D eigenvalue weighted by Gasteiger charge is -2.18. The fraction of sp³-hybridized carbons (Fsp3) is 0.909. The van der Waals surface area contributed by atoms with E-state index in [2.05, 4.69) is 26.1 Å². The molecule has 1 N–H and O–H groups in total. The Morgan fingerprint density at radius 2 is 2.06 bits per heavy atom. The van der Waals surface area contributed by atoms with Crippen molar-refractivity contribution in [2.75, 3.05) is 40.4 Å². The van der Waals surface area contributed by atoms with Crippen LogP contribution in [0.3, 0.4) is 0 Å². The first-order valence-corrected chi connectivity index (χ1v) is 6.49. The Kier molecular flexibility index (Phi) is 8.89. The number of nitrogens with zero attached hydrogens (tertiary/aromatic N) is 1. The number of hydrogen-bond donors (Lipinski definition) is 1. The quantitative estimate of drug-likeness (QED) is 0.682. The summed E-state index contributed by atoms with van der Waals surface area (Å²) in [4.78, 5) is 13.6. The third-order valence-electron chi connectivity index (χ3n) is 2.31. The molecule has 1 atom stereocenters. The lowest BCUT2D eigenvalue weighted by molar-refractivity contribution is -0.121. The maximum atomic E-state index is 11.6. The molecule has 4 nitrogen and oxygen atoms in total. The third-order valence-corrected chi connectivity index (χ3v) is 3.78. The average molecular weight is 295 g/mol. The summed E-state index contributed by atoms with van der Waals surface area (Å²) in [5, 5.41) is 2.90. The molecule has 0 aromatic carbocycles. The molecule has 0 rings (SSSR count). The Balaban J connectivity index is 3.61. The highest BCUT2D eigenvalue weighted by Gasteiger charge is 2.17. The van der Waals surface area contributed by atoms with Gasteiger partial charge >= 0.3 is 0 Å². The van der Waals surface area contributed by atoms with E-state index in [1.54, 1.807) is 7.11 Å². The number of alkyl halides is 1. The number of nitrogens with one attached hydrogen (secondary N) is 1. The number of hydrogen-bond acceptors (Lipinski definition) is 3. The van der Waals surface area contributed by atoms with E-state index < -0.39 is 0 Å². The molecule has 1 amide bonds. The van der Waals surface area contributed by atoms with Gasteiger partial charge < -0.3 is 15.0 Å². The van der Waals surface area contributed by atoms with Gasteiger partial charge in [-0.25, -0.2) is 0 Å². The zero-order valence-electron chi connectivity index (χ0n) is 10.6. The van der Waals surface area contributed by atoms with E-state index >= 15 is 0 Å². The summed E-state index contributed by atoms with van der Waals surface area (Å²) in [7, 11) is 3.70. The van der Waals surface area contributed by atoms with Gasteiger partial charge in [-0.15, -0.1) is 0 Å². The fourth-order valence-corrected chi connectivity index (χ4v) is 1.29. The molecule has 0 aromatic rings. The van der Waals surface area contributed by atoms with E-state index in [4.69, 9.17) is 4.74 Å². The van der Waals surface area contributed by atoms with Crippen LogP contribution in [0.2, 0.25) is 0 Å². The van der Waals surface area contributed by atoms with Crippen molar-refractivity contribution in [2.45, 2.75) is 18.7 Å². The van der Waals surface area contributed by atoms with Gasteiger partial charge in [0.05, 0.1) is 11.4 Å². The Morgan fingerprint density at radius 1 is 1.44 bits per heavy atom. The average Bonchev–Trinajstić information content (AvgIpc) is 2.24. The van der Waals surface area contributed by atoms with E-state index in [-0.39, 0.29) is 10.7 Å². The standard InChI is InChI=1S/C11H23BrN2O2/c1-9(2)10(12)11(15)13-5-6-14(3)7-8-16-4/h9-10H,5-8H2,1-4H3,(H,13,15). The van der Waals surface area contributed by atoms with Gasteiger partial charge in [-0.2, -0.15) is 0 Å². The highest BCUT2D eigenvalue weighted by atomic mass is 79.9. The van der Waals surface area contributed by atoms with Crippen molar-refractivity contribution >= 4 is 21.8 Å². The predicted octanol–water partition coefficient (Wildman–Crippen LogP) is 1.10. The molecule has 5 heteroatoms. The molecule has 0 aliphatic heterocycles. The number of ether oxygens (including phenoxy) is 1. The number of carbonyl (C=O) groups is 1. The monoisotopic (exact) mass is 294 g/mol. The van der Waals surface area contributed by atoms with E-state index in [0.29, 0.717) is 12.5 Å². The smallest absolute Gasteiger partial charge is 0.234 e. The van der Waals surface area contributed by atoms with E-state index in [0.717, 1.165) is 19.7 Å². The molecule has 0 aliphatic rings. The number of methoxy groups -OCH3 is 1. The molecule has 0 aliphatic carbocycles. The minimum atomic E-state index is -0.100. The first-order chi connectivity index (χ1) is 7.49. The van der Waals surface area contributed by atoms with Crippen LogP contribution in [-0.2, 0) is 9.53 Å². The van der Waals surface area contributed by atoms with Gasteiger partial charge in [0.1, 0.15) is 0 Å². The molecule has 0 heterocycles. The molecule has 96 valence electrons. The summed E-state index contributed by atoms with van der Waals surface area (Å²) >= 11 is 3.37. The summed E-state index contributed by atoms with van der Waals surface area (Å²) in [6.07, 6.45) is 0. The van der Waals surface area contributed by atoms with Crippen LogP contribution in [0.1, 0.15) is 13.8 Å². The molecule has 0 saturated carbocycles. The van der Waals surface area contributed by atoms with Crippen molar-refractivity contribution in [2.24, 2.45) is 5.92 Å². The summed E-state index contributed by atoms with van der Waals surface area (Å²) in [6, 6.07) is 0. The Hall–Kier alpha value is -0.130. The lowest BCUT2D eigenvalue weighted by atomic mass is 10.1.